The summed E-state index contributed by atoms with van der Waals surface area (Å²) >= 11 is 3.29. The summed E-state index contributed by atoms with van der Waals surface area (Å²) < 4.78 is 0.782. The van der Waals surface area contributed by atoms with E-state index >= 15 is 0 Å². The summed E-state index contributed by atoms with van der Waals surface area (Å²) in [6.07, 6.45) is 0. The minimum atomic E-state index is 0.460. The number of aromatic nitrogens is 1. The van der Waals surface area contributed by atoms with E-state index in [2.05, 4.69) is 27.0 Å². The predicted octanol–water partition coefficient (Wildman–Crippen LogP) is 2.96. The maximum Gasteiger partial charge on any atom is 0.138 e. The second kappa shape index (κ2) is 4.33. The maximum atomic E-state index is 8.69. The summed E-state index contributed by atoms with van der Waals surface area (Å²) in [5.41, 5.74) is 8.08. The molecule has 1 aromatic heterocycles. The largest absolute Gasteiger partial charge is 0.383 e. The Kier molecular flexibility index (Phi) is 2.88. The van der Waals surface area contributed by atoms with E-state index in [4.69, 9.17) is 11.0 Å². The molecule has 0 amide bonds. The summed E-state index contributed by atoms with van der Waals surface area (Å²) in [6, 6.07) is 13.0. The summed E-state index contributed by atoms with van der Waals surface area (Å²) in [4.78, 5) is 4.25. The van der Waals surface area contributed by atoms with Crippen LogP contribution in [0.3, 0.4) is 0 Å². The number of nitriles is 1. The average molecular weight is 274 g/mol. The van der Waals surface area contributed by atoms with Crippen molar-refractivity contribution in [3.63, 3.8) is 0 Å². The highest BCUT2D eigenvalue weighted by Crippen LogP contribution is 2.23. The fraction of sp³-hybridized carbons (Fsp3) is 0. The molecule has 0 bridgehead atoms. The van der Waals surface area contributed by atoms with Crippen LogP contribution in [0, 0.1) is 11.3 Å². The molecule has 0 radical (unpaired) electrons. The minimum absolute atomic E-state index is 0.460. The zero-order chi connectivity index (χ0) is 11.5. The molecule has 0 spiro atoms. The Morgan fingerprint density at radius 1 is 1.12 bits per heavy atom. The number of nitrogens with two attached hydrogens (primary N) is 1. The van der Waals surface area contributed by atoms with Crippen molar-refractivity contribution in [1.82, 2.24) is 4.98 Å². The number of hydrogen-bond acceptors (Lipinski definition) is 3. The number of nitrogen functional groups attached to an aromatic ring is 1. The molecule has 0 saturated heterocycles. The molecule has 0 aliphatic carbocycles. The maximum absolute atomic E-state index is 8.69. The van der Waals surface area contributed by atoms with E-state index in [-0.39, 0.29) is 0 Å². The molecule has 78 valence electrons. The molecule has 3 nitrogen and oxygen atoms in total. The summed E-state index contributed by atoms with van der Waals surface area (Å²) in [5, 5.41) is 8.69. The second-order valence-corrected chi connectivity index (χ2v) is 4.11. The van der Waals surface area contributed by atoms with Gasteiger partial charge in [-0.2, -0.15) is 5.26 Å². The number of nitrogens with zero attached hydrogens (tertiary/aromatic N) is 2. The smallest absolute Gasteiger partial charge is 0.138 e. The number of halogens is 1. The van der Waals surface area contributed by atoms with Gasteiger partial charge in [0.1, 0.15) is 5.82 Å². The van der Waals surface area contributed by atoms with E-state index in [1.807, 2.05) is 24.3 Å². The van der Waals surface area contributed by atoms with Gasteiger partial charge < -0.3 is 5.73 Å². The molecule has 0 aliphatic rings. The van der Waals surface area contributed by atoms with Gasteiger partial charge in [-0.15, -0.1) is 0 Å². The lowest BCUT2D eigenvalue weighted by Crippen LogP contribution is -1.93. The number of benzene rings is 1. The standard InChI is InChI=1S/C12H8BrN3/c13-10-5-6-11(16-12(10)15)9-3-1-8(7-14)2-4-9/h1-6H,(H2,15,16). The van der Waals surface area contributed by atoms with Gasteiger partial charge in [0, 0.05) is 5.56 Å². The minimum Gasteiger partial charge on any atom is -0.383 e. The van der Waals surface area contributed by atoms with E-state index in [0.29, 0.717) is 11.4 Å². The number of hydrogen-bond donors (Lipinski definition) is 1. The van der Waals surface area contributed by atoms with Crippen molar-refractivity contribution in [2.45, 2.75) is 0 Å². The molecular formula is C12H8BrN3. The second-order valence-electron chi connectivity index (χ2n) is 3.25. The Bertz CT molecular complexity index is 555. The van der Waals surface area contributed by atoms with Crippen LogP contribution in [-0.2, 0) is 0 Å². The third-order valence-corrected chi connectivity index (χ3v) is 2.85. The van der Waals surface area contributed by atoms with Crippen molar-refractivity contribution in [3.05, 3.63) is 46.4 Å². The molecule has 0 saturated carbocycles. The fourth-order valence-electron chi connectivity index (χ4n) is 1.33. The first-order valence-electron chi connectivity index (χ1n) is 4.63. The molecule has 2 aromatic rings. The van der Waals surface area contributed by atoms with Gasteiger partial charge in [0.05, 0.1) is 21.8 Å². The fourth-order valence-corrected chi connectivity index (χ4v) is 1.56. The number of rotatable bonds is 1. The first-order valence-corrected chi connectivity index (χ1v) is 5.42. The number of anilines is 1. The Labute approximate surface area is 102 Å². The van der Waals surface area contributed by atoms with Gasteiger partial charge in [0.2, 0.25) is 0 Å². The molecule has 1 heterocycles. The Morgan fingerprint density at radius 3 is 2.38 bits per heavy atom. The summed E-state index contributed by atoms with van der Waals surface area (Å²) in [5.74, 6) is 0.460. The summed E-state index contributed by atoms with van der Waals surface area (Å²) in [7, 11) is 0. The molecule has 1 aromatic carbocycles. The van der Waals surface area contributed by atoms with Gasteiger partial charge in [0.25, 0.3) is 0 Å². The van der Waals surface area contributed by atoms with E-state index in [0.717, 1.165) is 15.7 Å². The Hall–Kier alpha value is -1.86. The molecule has 0 atom stereocenters. The van der Waals surface area contributed by atoms with Crippen molar-refractivity contribution in [1.29, 1.82) is 5.26 Å². The van der Waals surface area contributed by atoms with Gasteiger partial charge in [-0.1, -0.05) is 12.1 Å². The molecule has 0 unspecified atom stereocenters. The van der Waals surface area contributed by atoms with Crippen molar-refractivity contribution >= 4 is 21.7 Å². The molecular weight excluding hydrogens is 266 g/mol. The molecule has 0 aliphatic heterocycles. The van der Waals surface area contributed by atoms with E-state index in [9.17, 15) is 0 Å². The SMILES string of the molecule is N#Cc1ccc(-c2ccc(Br)c(N)n2)cc1. The van der Waals surface area contributed by atoms with Crippen LogP contribution in [-0.4, -0.2) is 4.98 Å². The Morgan fingerprint density at radius 2 is 1.81 bits per heavy atom. The molecule has 16 heavy (non-hydrogen) atoms. The third-order valence-electron chi connectivity index (χ3n) is 2.18. The Balaban J connectivity index is 2.43. The van der Waals surface area contributed by atoms with Crippen molar-refractivity contribution < 1.29 is 0 Å². The molecule has 2 N–H and O–H groups in total. The molecule has 4 heteroatoms. The zero-order valence-electron chi connectivity index (χ0n) is 8.31. The van der Waals surface area contributed by atoms with E-state index < -0.39 is 0 Å². The first-order chi connectivity index (χ1) is 7.70. The highest BCUT2D eigenvalue weighted by molar-refractivity contribution is 9.10. The van der Waals surface area contributed by atoms with Crippen LogP contribution in [0.5, 0.6) is 0 Å². The van der Waals surface area contributed by atoms with E-state index in [1.165, 1.54) is 0 Å². The first kappa shape index (κ1) is 10.7. The van der Waals surface area contributed by atoms with E-state index in [1.54, 1.807) is 12.1 Å². The van der Waals surface area contributed by atoms with Crippen LogP contribution in [0.1, 0.15) is 5.56 Å². The lowest BCUT2D eigenvalue weighted by Gasteiger charge is -2.03. The quantitative estimate of drug-likeness (QED) is 0.869. The third kappa shape index (κ3) is 2.05. The van der Waals surface area contributed by atoms with Gasteiger partial charge in [-0.25, -0.2) is 4.98 Å². The van der Waals surface area contributed by atoms with Gasteiger partial charge in [0.15, 0.2) is 0 Å². The van der Waals surface area contributed by atoms with Gasteiger partial charge in [-0.3, -0.25) is 0 Å². The molecule has 2 rings (SSSR count). The zero-order valence-corrected chi connectivity index (χ0v) is 9.90. The number of pyridine rings is 1. The van der Waals surface area contributed by atoms with Crippen LogP contribution in [0.25, 0.3) is 11.3 Å². The average Bonchev–Trinajstić information content (AvgIpc) is 2.33. The van der Waals surface area contributed by atoms with Crippen molar-refractivity contribution in [2.24, 2.45) is 0 Å². The van der Waals surface area contributed by atoms with Crippen molar-refractivity contribution in [3.8, 4) is 17.3 Å². The predicted molar refractivity (Wildman–Crippen MR) is 66.5 cm³/mol. The van der Waals surface area contributed by atoms with Crippen LogP contribution >= 0.6 is 15.9 Å². The van der Waals surface area contributed by atoms with Crippen LogP contribution in [0.4, 0.5) is 5.82 Å². The van der Waals surface area contributed by atoms with Crippen LogP contribution in [0.2, 0.25) is 0 Å². The van der Waals surface area contributed by atoms with Crippen molar-refractivity contribution in [2.75, 3.05) is 5.73 Å². The molecule has 0 fully saturated rings. The lowest BCUT2D eigenvalue weighted by molar-refractivity contribution is 1.31. The highest BCUT2D eigenvalue weighted by Gasteiger charge is 2.02. The van der Waals surface area contributed by atoms with Crippen LogP contribution in [0.15, 0.2) is 40.9 Å². The van der Waals surface area contributed by atoms with Crippen LogP contribution < -0.4 is 5.73 Å². The van der Waals surface area contributed by atoms with Gasteiger partial charge in [-0.05, 0) is 40.2 Å². The topological polar surface area (TPSA) is 62.7 Å². The summed E-state index contributed by atoms with van der Waals surface area (Å²) in [6.45, 7) is 0. The van der Waals surface area contributed by atoms with Gasteiger partial charge >= 0.3 is 0 Å². The lowest BCUT2D eigenvalue weighted by atomic mass is 10.1. The highest BCUT2D eigenvalue weighted by atomic mass is 79.9. The monoisotopic (exact) mass is 273 g/mol. The normalized spacial score (nSPS) is 9.75.